The zero-order chi connectivity index (χ0) is 38.1. The van der Waals surface area contributed by atoms with Crippen molar-refractivity contribution in [3.05, 3.63) is 112 Å². The number of allylic oxidation sites excluding steroid dienone is 4. The number of alkyl halides is 5. The average molecular weight is 776 g/mol. The maximum Gasteiger partial charge on any atom is 0.456 e. The Hall–Kier alpha value is -3.52. The standard InChI is InChI=1S/C40H42F5NO5S2/c1-24-3-15-31(16-4-24)53(50,51)46-52(49)23-25-5-7-26(8-6-25)27-9-11-28(12-10-27)34-22-37(2)35(19-20-38(37,48)39(41,42)40(43,44)45)33-17-13-29-21-30(47)14-18-32(29)36(33)34/h3-12,15-16,21,33-35,48H,13-14,17-20,22-23,52H2,1-2H3,(H,46,49)/t33?,34-,35?,37+,38-/m1/s1. The van der Waals surface area contributed by atoms with E-state index in [2.05, 4.69) is 3.77 Å². The Labute approximate surface area is 308 Å². The Bertz CT molecular complexity index is 2140. The number of rotatable bonds is 7. The second-order valence-electron chi connectivity index (χ2n) is 15.3. The summed E-state index contributed by atoms with van der Waals surface area (Å²) in [5.41, 5.74) is 1.88. The lowest BCUT2D eigenvalue weighted by Crippen LogP contribution is -2.65. The first kappa shape index (κ1) is 37.8. The molecule has 2 unspecified atom stereocenters. The molecular weight excluding hydrogens is 734 g/mol. The molecule has 4 aliphatic carbocycles. The third-order valence-corrected chi connectivity index (χ3v) is 15.7. The summed E-state index contributed by atoms with van der Waals surface area (Å²) in [4.78, 5) is 12.4. The molecule has 0 saturated heterocycles. The fraction of sp³-hybridized carbons (Fsp3) is 0.425. The van der Waals surface area contributed by atoms with Gasteiger partial charge in [0, 0.05) is 23.5 Å². The second-order valence-corrected chi connectivity index (χ2v) is 18.6. The number of carbonyl (C=O) groups is 1. The number of carbonyl (C=O) groups excluding carboxylic acids is 1. The minimum atomic E-state index is -5.91. The van der Waals surface area contributed by atoms with E-state index in [0.717, 1.165) is 39.0 Å². The summed E-state index contributed by atoms with van der Waals surface area (Å²) in [6.07, 6.45) is -3.11. The molecule has 2 fully saturated rings. The van der Waals surface area contributed by atoms with E-state index in [9.17, 15) is 36.0 Å². The molecule has 2 N–H and O–H groups in total. The van der Waals surface area contributed by atoms with Crippen molar-refractivity contribution < 1.29 is 44.8 Å². The van der Waals surface area contributed by atoms with Gasteiger partial charge in [0.15, 0.2) is 5.78 Å². The van der Waals surface area contributed by atoms with Crippen molar-refractivity contribution in [2.45, 2.75) is 93.1 Å². The highest BCUT2D eigenvalue weighted by Crippen LogP contribution is 2.70. The van der Waals surface area contributed by atoms with Gasteiger partial charge in [-0.1, -0.05) is 89.7 Å². The average Bonchev–Trinajstić information content (AvgIpc) is 3.38. The Kier molecular flexibility index (Phi) is 9.52. The summed E-state index contributed by atoms with van der Waals surface area (Å²) >= 11 is 0. The smallest absolute Gasteiger partial charge is 0.383 e. The van der Waals surface area contributed by atoms with Gasteiger partial charge in [0.25, 0.3) is 10.0 Å². The maximum absolute atomic E-state index is 15.3. The molecule has 0 radical (unpaired) electrons. The van der Waals surface area contributed by atoms with E-state index in [0.29, 0.717) is 31.2 Å². The zero-order valence-electron chi connectivity index (χ0n) is 29.3. The number of nitrogens with zero attached hydrogens (tertiary/aromatic N) is 1. The highest BCUT2D eigenvalue weighted by molar-refractivity contribution is 7.97. The van der Waals surface area contributed by atoms with E-state index in [1.807, 2.05) is 43.3 Å². The lowest BCUT2D eigenvalue weighted by atomic mass is 9.50. The van der Waals surface area contributed by atoms with Crippen molar-refractivity contribution in [2.24, 2.45) is 21.0 Å². The fourth-order valence-corrected chi connectivity index (χ4v) is 12.4. The largest absolute Gasteiger partial charge is 0.456 e. The van der Waals surface area contributed by atoms with Crippen LogP contribution in [0.25, 0.3) is 11.1 Å². The van der Waals surface area contributed by atoms with Gasteiger partial charge in [-0.15, -0.1) is 3.77 Å². The Balaban J connectivity index is 1.18. The van der Waals surface area contributed by atoms with Crippen LogP contribution < -0.4 is 0 Å². The van der Waals surface area contributed by atoms with Gasteiger partial charge >= 0.3 is 12.1 Å². The molecule has 3 aromatic carbocycles. The number of fused-ring (bicyclic) bond motifs is 4. The molecule has 4 aliphatic rings. The first-order valence-electron chi connectivity index (χ1n) is 17.8. The Morgan fingerprint density at radius 1 is 0.887 bits per heavy atom. The predicted molar refractivity (Wildman–Crippen MR) is 195 cm³/mol. The molecule has 5 atom stereocenters. The Morgan fingerprint density at radius 2 is 1.51 bits per heavy atom. The number of ketones is 1. The molecule has 7 rings (SSSR count). The van der Waals surface area contributed by atoms with Gasteiger partial charge in [-0.2, -0.15) is 30.4 Å². The summed E-state index contributed by atoms with van der Waals surface area (Å²) in [5, 5.41) is 11.5. The van der Waals surface area contributed by atoms with Crippen LogP contribution >= 0.6 is 0 Å². The summed E-state index contributed by atoms with van der Waals surface area (Å²) in [5.74, 6) is -6.63. The van der Waals surface area contributed by atoms with Crippen molar-refractivity contribution in [2.75, 3.05) is 0 Å². The van der Waals surface area contributed by atoms with Crippen LogP contribution in [0, 0.1) is 24.2 Å². The highest BCUT2D eigenvalue weighted by atomic mass is 32.3. The number of aliphatic hydroxyl groups is 1. The molecule has 0 aromatic heterocycles. The van der Waals surface area contributed by atoms with Crippen molar-refractivity contribution >= 4 is 26.8 Å². The minimum absolute atomic E-state index is 0.0144. The van der Waals surface area contributed by atoms with Crippen molar-refractivity contribution in [3.8, 4) is 11.1 Å². The monoisotopic (exact) mass is 775 g/mol. The van der Waals surface area contributed by atoms with Crippen LogP contribution in [0.15, 0.2) is 104 Å². The quantitative estimate of drug-likeness (QED) is 0.233. The number of halogens is 5. The molecule has 53 heavy (non-hydrogen) atoms. The molecule has 0 spiro atoms. The van der Waals surface area contributed by atoms with Gasteiger partial charge in [-0.05, 0) is 109 Å². The minimum Gasteiger partial charge on any atom is -0.383 e. The van der Waals surface area contributed by atoms with E-state index in [1.165, 1.54) is 19.1 Å². The van der Waals surface area contributed by atoms with Crippen LogP contribution in [0.4, 0.5) is 22.0 Å². The summed E-state index contributed by atoms with van der Waals surface area (Å²) < 4.78 is 112. The second kappa shape index (κ2) is 13.3. The summed E-state index contributed by atoms with van der Waals surface area (Å²) in [6.45, 7) is 3.25. The summed E-state index contributed by atoms with van der Waals surface area (Å²) in [7, 11) is -6.63. The molecular formula is C40H42F5NO5S2. The van der Waals surface area contributed by atoms with Crippen molar-refractivity contribution in [3.63, 3.8) is 0 Å². The van der Waals surface area contributed by atoms with E-state index >= 15 is 8.78 Å². The van der Waals surface area contributed by atoms with Gasteiger partial charge in [0.05, 0.1) is 4.90 Å². The van der Waals surface area contributed by atoms with Gasteiger partial charge in [0.1, 0.15) is 5.60 Å². The van der Waals surface area contributed by atoms with E-state index in [-0.39, 0.29) is 35.2 Å². The lowest BCUT2D eigenvalue weighted by molar-refractivity contribution is -0.362. The SMILES string of the molecule is Cc1ccc(S(=O)(=O)/N=[SH2](\O)Cc2ccc(-c3ccc([C@H]4C[C@@]5(C)C(CC[C@]5(O)C(F)(F)C(F)(F)F)C5CCC6=CC(=O)CCC6=C54)cc3)cc2)cc1. The van der Waals surface area contributed by atoms with Crippen LogP contribution in [0.2, 0.25) is 0 Å². The van der Waals surface area contributed by atoms with E-state index in [1.54, 1.807) is 30.3 Å². The van der Waals surface area contributed by atoms with Gasteiger partial charge < -0.3 is 9.66 Å². The van der Waals surface area contributed by atoms with Crippen LogP contribution in [0.1, 0.15) is 74.5 Å². The number of sulfonamides is 1. The molecule has 13 heteroatoms. The van der Waals surface area contributed by atoms with Crippen LogP contribution in [0.3, 0.4) is 0 Å². The molecule has 6 nitrogen and oxygen atoms in total. The lowest BCUT2D eigenvalue weighted by Gasteiger charge is -2.56. The molecule has 0 aliphatic heterocycles. The molecule has 3 aromatic rings. The third kappa shape index (κ3) is 6.44. The number of hydrogen-bond donors (Lipinski definition) is 2. The molecule has 0 heterocycles. The number of aryl methyl sites for hydroxylation is 1. The Morgan fingerprint density at radius 3 is 2.13 bits per heavy atom. The topological polar surface area (TPSA) is 104 Å². The molecule has 0 amide bonds. The van der Waals surface area contributed by atoms with Crippen LogP contribution in [-0.2, 0) is 31.5 Å². The molecule has 284 valence electrons. The molecule has 0 bridgehead atoms. The number of benzene rings is 3. The highest BCUT2D eigenvalue weighted by Gasteiger charge is 2.79. The van der Waals surface area contributed by atoms with Crippen molar-refractivity contribution in [1.29, 1.82) is 0 Å². The van der Waals surface area contributed by atoms with Crippen LogP contribution in [-0.4, -0.2) is 41.6 Å². The predicted octanol–water partition coefficient (Wildman–Crippen LogP) is 9.12. The molecule has 2 saturated carbocycles. The summed E-state index contributed by atoms with van der Waals surface area (Å²) in [6, 6.07) is 20.9. The van der Waals surface area contributed by atoms with Gasteiger partial charge in [-0.3, -0.25) is 4.79 Å². The fourth-order valence-electron chi connectivity index (χ4n) is 9.55. The van der Waals surface area contributed by atoms with Gasteiger partial charge in [0.2, 0.25) is 0 Å². The van der Waals surface area contributed by atoms with E-state index < -0.39 is 62.4 Å². The first-order chi connectivity index (χ1) is 24.8. The van der Waals surface area contributed by atoms with Gasteiger partial charge in [-0.25, -0.2) is 0 Å². The number of hydrogen-bond acceptors (Lipinski definition) is 4. The third-order valence-electron chi connectivity index (χ3n) is 12.3. The zero-order valence-corrected chi connectivity index (χ0v) is 31.1. The maximum atomic E-state index is 15.3. The first-order valence-corrected chi connectivity index (χ1v) is 20.8. The van der Waals surface area contributed by atoms with E-state index in [4.69, 9.17) is 0 Å². The normalized spacial score (nSPS) is 28.6. The van der Waals surface area contributed by atoms with Crippen molar-refractivity contribution in [1.82, 2.24) is 0 Å². The van der Waals surface area contributed by atoms with Crippen LogP contribution in [0.5, 0.6) is 0 Å².